The maximum atomic E-state index is 11.1. The minimum absolute atomic E-state index is 0.294. The zero-order chi connectivity index (χ0) is 11.2. The molecule has 6 heteroatoms. The van der Waals surface area contributed by atoms with Crippen molar-refractivity contribution in [3.63, 3.8) is 0 Å². The van der Waals surface area contributed by atoms with Gasteiger partial charge in [-0.15, -0.1) is 0 Å². The molecule has 0 fully saturated rings. The maximum absolute atomic E-state index is 11.1. The molecule has 1 unspecified atom stereocenters. The summed E-state index contributed by atoms with van der Waals surface area (Å²) in [7, 11) is 0. The van der Waals surface area contributed by atoms with Crippen molar-refractivity contribution in [1.29, 1.82) is 5.26 Å². The van der Waals surface area contributed by atoms with E-state index >= 15 is 0 Å². The van der Waals surface area contributed by atoms with Gasteiger partial charge in [-0.05, 0) is 32.6 Å². The summed E-state index contributed by atoms with van der Waals surface area (Å²) in [4.78, 5) is 11.1. The van der Waals surface area contributed by atoms with E-state index in [9.17, 15) is 4.79 Å². The maximum Gasteiger partial charge on any atom is 0.213 e. The topological polar surface area (TPSA) is 59.3 Å². The molecule has 0 amide bonds. The summed E-state index contributed by atoms with van der Waals surface area (Å²) in [6.45, 7) is 2.78. The Morgan fingerprint density at radius 3 is 2.14 bits per heavy atom. The molecule has 0 bridgehead atoms. The van der Waals surface area contributed by atoms with Crippen LogP contribution in [-0.4, -0.2) is 24.7 Å². The Hall–Kier alpha value is -0.270. The average molecular weight is 235 g/mol. The minimum atomic E-state index is -2.76. The number of nitrogens with zero attached hydrogens (tertiary/aromatic N) is 1. The average Bonchev–Trinajstić information content (AvgIpc) is 2.04. The summed E-state index contributed by atoms with van der Waals surface area (Å²) in [6, 6.07) is 1.86. The first kappa shape index (κ1) is 13.7. The highest BCUT2D eigenvalue weighted by Gasteiger charge is 2.34. The molecule has 0 radical (unpaired) electrons. The Bertz CT molecular complexity index is 277. The number of rotatable bonds is 6. The van der Waals surface area contributed by atoms with Gasteiger partial charge >= 0.3 is 0 Å². The Balaban J connectivity index is 4.88. The molecule has 0 heterocycles. The lowest BCUT2D eigenvalue weighted by Gasteiger charge is -2.23. The molecule has 14 heavy (non-hydrogen) atoms. The lowest BCUT2D eigenvalue weighted by Crippen LogP contribution is -2.19. The number of hydrogen-bond donors (Lipinski definition) is 0. The first-order valence-corrected chi connectivity index (χ1v) is 7.01. The van der Waals surface area contributed by atoms with Gasteiger partial charge in [-0.25, -0.2) is 0 Å². The van der Waals surface area contributed by atoms with Crippen molar-refractivity contribution in [1.82, 2.24) is 0 Å². The number of Topliss-reactive ketones (excluding diaryl/α,β-unsaturated/α-hetero) is 1. The van der Waals surface area contributed by atoms with Crippen molar-refractivity contribution in [2.45, 2.75) is 26.4 Å². The van der Waals surface area contributed by atoms with Crippen molar-refractivity contribution in [2.75, 3.05) is 13.2 Å². The molecule has 0 saturated heterocycles. The van der Waals surface area contributed by atoms with Gasteiger partial charge in [0.05, 0.1) is 19.3 Å². The van der Waals surface area contributed by atoms with Gasteiger partial charge < -0.3 is 9.05 Å². The second-order valence-electron chi connectivity index (χ2n) is 2.52. The van der Waals surface area contributed by atoms with Crippen LogP contribution in [0, 0.1) is 11.3 Å². The van der Waals surface area contributed by atoms with Crippen molar-refractivity contribution in [2.24, 2.45) is 0 Å². The zero-order valence-electron chi connectivity index (χ0n) is 8.52. The van der Waals surface area contributed by atoms with Crippen LogP contribution in [0.4, 0.5) is 0 Å². The fourth-order valence-corrected chi connectivity index (χ4v) is 3.83. The van der Waals surface area contributed by atoms with E-state index in [-0.39, 0.29) is 5.78 Å². The molecule has 0 aromatic rings. The molecule has 0 N–H and O–H groups in total. The summed E-state index contributed by atoms with van der Waals surface area (Å²) in [5.41, 5.74) is -0.947. The number of hydrogen-bond acceptors (Lipinski definition) is 5. The molecule has 4 nitrogen and oxygen atoms in total. The lowest BCUT2D eigenvalue weighted by atomic mass is 10.3. The smallest absolute Gasteiger partial charge is 0.213 e. The molecule has 0 aliphatic carbocycles. The van der Waals surface area contributed by atoms with Crippen LogP contribution in [0.2, 0.25) is 0 Å². The molecular formula is C8H14NO3PS. The highest BCUT2D eigenvalue weighted by molar-refractivity contribution is 8.10. The molecular weight excluding hydrogens is 221 g/mol. The van der Waals surface area contributed by atoms with E-state index in [4.69, 9.17) is 26.1 Å². The van der Waals surface area contributed by atoms with Crippen LogP contribution in [-0.2, 0) is 25.6 Å². The van der Waals surface area contributed by atoms with Crippen LogP contribution in [0.5, 0.6) is 0 Å². The fraction of sp³-hybridized carbons (Fsp3) is 0.750. The molecule has 0 aliphatic heterocycles. The van der Waals surface area contributed by atoms with E-state index in [1.807, 2.05) is 6.07 Å². The summed E-state index contributed by atoms with van der Waals surface area (Å²) < 4.78 is 10.5. The SMILES string of the molecule is CCOP(=S)(OCC)C(C#N)C(C)=O. The van der Waals surface area contributed by atoms with Gasteiger partial charge in [-0.2, -0.15) is 5.26 Å². The van der Waals surface area contributed by atoms with E-state index in [0.29, 0.717) is 13.2 Å². The predicted octanol–water partition coefficient (Wildman–Crippen LogP) is 1.85. The highest BCUT2D eigenvalue weighted by Crippen LogP contribution is 2.53. The second-order valence-corrected chi connectivity index (χ2v) is 6.16. The lowest BCUT2D eigenvalue weighted by molar-refractivity contribution is -0.116. The van der Waals surface area contributed by atoms with Crippen molar-refractivity contribution in [3.8, 4) is 6.07 Å². The Labute approximate surface area is 89.4 Å². The van der Waals surface area contributed by atoms with Crippen LogP contribution in [0.25, 0.3) is 0 Å². The predicted molar refractivity (Wildman–Crippen MR) is 57.6 cm³/mol. The van der Waals surface area contributed by atoms with Gasteiger partial charge in [0.2, 0.25) is 6.49 Å². The van der Waals surface area contributed by atoms with Gasteiger partial charge in [0.25, 0.3) is 0 Å². The quantitative estimate of drug-likeness (QED) is 0.657. The number of carbonyl (C=O) groups excluding carboxylic acids is 1. The fourth-order valence-electron chi connectivity index (χ4n) is 0.931. The van der Waals surface area contributed by atoms with Gasteiger partial charge in [0.1, 0.15) is 0 Å². The molecule has 0 aromatic carbocycles. The van der Waals surface area contributed by atoms with Crippen molar-refractivity contribution < 1.29 is 13.8 Å². The Morgan fingerprint density at radius 2 is 1.93 bits per heavy atom. The summed E-state index contributed by atoms with van der Waals surface area (Å²) >= 11 is 5.12. The van der Waals surface area contributed by atoms with Crippen molar-refractivity contribution in [3.05, 3.63) is 0 Å². The number of nitriles is 1. The summed E-state index contributed by atoms with van der Waals surface area (Å²) in [5, 5.41) is 8.82. The molecule has 0 spiro atoms. The summed E-state index contributed by atoms with van der Waals surface area (Å²) in [5.74, 6) is -0.294. The molecule has 80 valence electrons. The van der Waals surface area contributed by atoms with Gasteiger partial charge in [0, 0.05) is 0 Å². The largest absolute Gasteiger partial charge is 0.328 e. The third-order valence-electron chi connectivity index (χ3n) is 1.44. The Morgan fingerprint density at radius 1 is 1.50 bits per heavy atom. The van der Waals surface area contributed by atoms with Crippen LogP contribution in [0.15, 0.2) is 0 Å². The highest BCUT2D eigenvalue weighted by atomic mass is 32.5. The standard InChI is InChI=1S/C8H14NO3PS/c1-4-11-13(14,12-5-2)8(6-9)7(3)10/h8H,4-5H2,1-3H3. The molecule has 1 atom stereocenters. The first-order chi connectivity index (χ1) is 6.51. The van der Waals surface area contributed by atoms with Crippen LogP contribution < -0.4 is 0 Å². The zero-order valence-corrected chi connectivity index (χ0v) is 10.2. The number of carbonyl (C=O) groups is 1. The monoisotopic (exact) mass is 235 g/mol. The first-order valence-electron chi connectivity index (χ1n) is 4.30. The van der Waals surface area contributed by atoms with Crippen molar-refractivity contribution >= 4 is 24.1 Å². The van der Waals surface area contributed by atoms with E-state index in [2.05, 4.69) is 0 Å². The molecule has 0 rings (SSSR count). The number of ketones is 1. The van der Waals surface area contributed by atoms with Crippen LogP contribution in [0.3, 0.4) is 0 Å². The van der Waals surface area contributed by atoms with Gasteiger partial charge in [-0.3, -0.25) is 4.79 Å². The Kier molecular flexibility index (Phi) is 6.14. The van der Waals surface area contributed by atoms with Gasteiger partial charge in [-0.1, -0.05) is 0 Å². The minimum Gasteiger partial charge on any atom is -0.328 e. The third-order valence-corrected chi connectivity index (χ3v) is 5.05. The van der Waals surface area contributed by atoms with E-state index in [0.717, 1.165) is 0 Å². The van der Waals surface area contributed by atoms with E-state index < -0.39 is 12.2 Å². The van der Waals surface area contributed by atoms with E-state index in [1.54, 1.807) is 13.8 Å². The molecule has 0 aliphatic rings. The summed E-state index contributed by atoms with van der Waals surface area (Å²) in [6.07, 6.45) is 0. The molecule has 0 aromatic heterocycles. The van der Waals surface area contributed by atoms with E-state index in [1.165, 1.54) is 6.92 Å². The van der Waals surface area contributed by atoms with Crippen LogP contribution in [0.1, 0.15) is 20.8 Å². The normalized spacial score (nSPS) is 13.3. The second kappa shape index (κ2) is 6.26. The van der Waals surface area contributed by atoms with Crippen LogP contribution >= 0.6 is 6.49 Å². The molecule has 0 saturated carbocycles. The van der Waals surface area contributed by atoms with Gasteiger partial charge in [0.15, 0.2) is 11.4 Å². The third kappa shape index (κ3) is 3.47.